The second-order valence-corrected chi connectivity index (χ2v) is 6.62. The maximum absolute atomic E-state index is 12.3. The molecular weight excluding hydrogens is 334 g/mol. The Hall–Kier alpha value is -2.82. The normalized spacial score (nSPS) is 16.0. The summed E-state index contributed by atoms with van der Waals surface area (Å²) in [6.07, 6.45) is 2.07. The molecule has 0 aromatic heterocycles. The summed E-state index contributed by atoms with van der Waals surface area (Å²) >= 11 is 6.36. The van der Waals surface area contributed by atoms with Crippen molar-refractivity contribution in [2.45, 2.75) is 25.2 Å². The quantitative estimate of drug-likeness (QED) is 0.874. The van der Waals surface area contributed by atoms with Crippen molar-refractivity contribution in [2.24, 2.45) is 5.41 Å². The highest BCUT2D eigenvalue weighted by Crippen LogP contribution is 2.41. The molecule has 1 atom stereocenters. The fourth-order valence-electron chi connectivity index (χ4n) is 2.98. The lowest BCUT2D eigenvalue weighted by molar-refractivity contribution is -0.126. The Kier molecular flexibility index (Phi) is 4.74. The number of benzene rings is 2. The molecule has 1 N–H and O–H groups in total. The van der Waals surface area contributed by atoms with Crippen LogP contribution in [0.25, 0.3) is 0 Å². The maximum Gasteiger partial charge on any atom is 0.244 e. The highest BCUT2D eigenvalue weighted by Gasteiger charge is 2.44. The summed E-state index contributed by atoms with van der Waals surface area (Å²) in [6, 6.07) is 18.9. The largest absolute Gasteiger partial charge is 0.325 e. The van der Waals surface area contributed by atoms with Crippen molar-refractivity contribution in [3.05, 3.63) is 64.7 Å². The first-order chi connectivity index (χ1) is 12.1. The minimum absolute atomic E-state index is 0.287. The molecule has 1 fully saturated rings. The second-order valence-electron chi connectivity index (χ2n) is 6.21. The van der Waals surface area contributed by atoms with Gasteiger partial charge in [-0.15, -0.1) is 0 Å². The lowest BCUT2D eigenvalue weighted by Gasteiger charge is -2.33. The molecule has 0 bridgehead atoms. The summed E-state index contributed by atoms with van der Waals surface area (Å²) in [5.74, 6) is -0.763. The predicted octanol–water partition coefficient (Wildman–Crippen LogP) is 4.63. The first-order valence-electron chi connectivity index (χ1n) is 8.06. The molecular formula is C20H16ClN3O. The van der Waals surface area contributed by atoms with Crippen molar-refractivity contribution in [3.8, 4) is 12.1 Å². The van der Waals surface area contributed by atoms with Crippen molar-refractivity contribution in [1.29, 1.82) is 10.5 Å². The van der Waals surface area contributed by atoms with Gasteiger partial charge in [0.1, 0.15) is 5.41 Å². The molecule has 2 aromatic rings. The number of anilines is 1. The maximum atomic E-state index is 12.3. The topological polar surface area (TPSA) is 76.7 Å². The number of carbonyl (C=O) groups excluding carboxylic acids is 1. The van der Waals surface area contributed by atoms with E-state index in [-0.39, 0.29) is 5.91 Å². The Morgan fingerprint density at radius 1 is 1.16 bits per heavy atom. The van der Waals surface area contributed by atoms with Gasteiger partial charge in [0.05, 0.1) is 18.1 Å². The van der Waals surface area contributed by atoms with Gasteiger partial charge in [0.25, 0.3) is 0 Å². The summed E-state index contributed by atoms with van der Waals surface area (Å²) < 4.78 is 0. The number of halogens is 1. The van der Waals surface area contributed by atoms with Crippen LogP contribution in [0.1, 0.15) is 36.3 Å². The van der Waals surface area contributed by atoms with E-state index >= 15 is 0 Å². The Morgan fingerprint density at radius 3 is 2.40 bits per heavy atom. The van der Waals surface area contributed by atoms with Crippen molar-refractivity contribution in [3.63, 3.8) is 0 Å². The first kappa shape index (κ1) is 17.0. The fraction of sp³-hybridized carbons (Fsp3) is 0.250. The van der Waals surface area contributed by atoms with Crippen LogP contribution in [-0.2, 0) is 4.79 Å². The van der Waals surface area contributed by atoms with Crippen LogP contribution in [-0.4, -0.2) is 5.91 Å². The smallest absolute Gasteiger partial charge is 0.244 e. The Morgan fingerprint density at radius 2 is 1.88 bits per heavy atom. The van der Waals surface area contributed by atoms with Crippen LogP contribution in [0.5, 0.6) is 0 Å². The van der Waals surface area contributed by atoms with Crippen LogP contribution in [0.4, 0.5) is 5.69 Å². The zero-order chi connectivity index (χ0) is 17.9. The number of amides is 1. The molecule has 25 heavy (non-hydrogen) atoms. The number of hydrogen-bond acceptors (Lipinski definition) is 3. The molecule has 1 amide bonds. The molecule has 1 unspecified atom stereocenters. The van der Waals surface area contributed by atoms with Crippen LogP contribution >= 0.6 is 11.6 Å². The monoisotopic (exact) mass is 349 g/mol. The van der Waals surface area contributed by atoms with Crippen LogP contribution in [0.15, 0.2) is 48.5 Å². The summed E-state index contributed by atoms with van der Waals surface area (Å²) in [7, 11) is 0. The average molecular weight is 350 g/mol. The van der Waals surface area contributed by atoms with Gasteiger partial charge in [-0.3, -0.25) is 4.79 Å². The number of carbonyl (C=O) groups is 1. The van der Waals surface area contributed by atoms with E-state index in [1.165, 1.54) is 0 Å². The zero-order valence-corrected chi connectivity index (χ0v) is 14.3. The lowest BCUT2D eigenvalue weighted by Crippen LogP contribution is -2.40. The molecule has 124 valence electrons. The van der Waals surface area contributed by atoms with Gasteiger partial charge in [0, 0.05) is 10.7 Å². The van der Waals surface area contributed by atoms with E-state index in [1.54, 1.807) is 18.2 Å². The lowest BCUT2D eigenvalue weighted by atomic mass is 9.69. The summed E-state index contributed by atoms with van der Waals surface area (Å²) in [5.41, 5.74) is 1.17. The molecule has 0 radical (unpaired) electrons. The molecule has 0 heterocycles. The molecule has 5 heteroatoms. The third-order valence-corrected chi connectivity index (χ3v) is 5.01. The molecule has 2 aromatic carbocycles. The van der Waals surface area contributed by atoms with Crippen molar-refractivity contribution in [1.82, 2.24) is 0 Å². The summed E-state index contributed by atoms with van der Waals surface area (Å²) in [5, 5.41) is 22.0. The Labute approximate surface area is 151 Å². The van der Waals surface area contributed by atoms with Crippen LogP contribution in [0.2, 0.25) is 5.02 Å². The molecule has 1 aliphatic carbocycles. The van der Waals surface area contributed by atoms with E-state index in [9.17, 15) is 15.3 Å². The van der Waals surface area contributed by atoms with Gasteiger partial charge >= 0.3 is 0 Å². The highest BCUT2D eigenvalue weighted by molar-refractivity contribution is 6.31. The molecule has 3 rings (SSSR count). The number of nitrogens with one attached hydrogen (secondary N) is 1. The standard InChI is InChI=1S/C20H16ClN3O/c21-18-11-15(24-19(25)20(13-23)9-4-10-20)7-8-16(18)17(12-22)14-5-2-1-3-6-14/h1-3,5-8,11,17H,4,9-10H2,(H,24,25). The van der Waals surface area contributed by atoms with Gasteiger partial charge < -0.3 is 5.32 Å². The van der Waals surface area contributed by atoms with E-state index in [1.807, 2.05) is 30.3 Å². The van der Waals surface area contributed by atoms with Crippen LogP contribution in [0.3, 0.4) is 0 Å². The van der Waals surface area contributed by atoms with E-state index < -0.39 is 11.3 Å². The first-order valence-corrected chi connectivity index (χ1v) is 8.44. The number of nitrogens with zero attached hydrogens (tertiary/aromatic N) is 2. The zero-order valence-electron chi connectivity index (χ0n) is 13.5. The predicted molar refractivity (Wildman–Crippen MR) is 95.9 cm³/mol. The van der Waals surface area contributed by atoms with Crippen molar-refractivity contribution < 1.29 is 4.79 Å². The fourth-order valence-corrected chi connectivity index (χ4v) is 3.27. The third-order valence-electron chi connectivity index (χ3n) is 4.69. The molecule has 4 nitrogen and oxygen atoms in total. The highest BCUT2D eigenvalue weighted by atomic mass is 35.5. The molecule has 1 saturated carbocycles. The van der Waals surface area contributed by atoms with Crippen LogP contribution < -0.4 is 5.32 Å². The third kappa shape index (κ3) is 3.22. The van der Waals surface area contributed by atoms with E-state index in [0.29, 0.717) is 29.1 Å². The Balaban J connectivity index is 1.83. The minimum atomic E-state index is -0.912. The number of nitriles is 2. The van der Waals surface area contributed by atoms with Crippen LogP contribution in [0, 0.1) is 28.1 Å². The summed E-state index contributed by atoms with van der Waals surface area (Å²) in [4.78, 5) is 12.3. The van der Waals surface area contributed by atoms with E-state index in [4.69, 9.17) is 11.6 Å². The molecule has 0 aliphatic heterocycles. The Bertz CT molecular complexity index is 876. The average Bonchev–Trinajstić information content (AvgIpc) is 2.58. The number of hydrogen-bond donors (Lipinski definition) is 1. The van der Waals surface area contributed by atoms with E-state index in [0.717, 1.165) is 12.0 Å². The number of rotatable bonds is 4. The molecule has 0 saturated heterocycles. The molecule has 0 spiro atoms. The SMILES string of the molecule is N#CC(c1ccccc1)c1ccc(NC(=O)C2(C#N)CCC2)cc1Cl. The van der Waals surface area contributed by atoms with Gasteiger partial charge in [-0.25, -0.2) is 0 Å². The van der Waals surface area contributed by atoms with E-state index in [2.05, 4.69) is 17.5 Å². The second kappa shape index (κ2) is 6.97. The van der Waals surface area contributed by atoms with Gasteiger partial charge in [0.15, 0.2) is 0 Å². The summed E-state index contributed by atoms with van der Waals surface area (Å²) in [6.45, 7) is 0. The van der Waals surface area contributed by atoms with Gasteiger partial charge in [-0.1, -0.05) is 48.0 Å². The van der Waals surface area contributed by atoms with Crippen molar-refractivity contribution in [2.75, 3.05) is 5.32 Å². The van der Waals surface area contributed by atoms with Crippen molar-refractivity contribution >= 4 is 23.2 Å². The van der Waals surface area contributed by atoms with Gasteiger partial charge in [-0.05, 0) is 42.5 Å². The minimum Gasteiger partial charge on any atom is -0.325 e. The van der Waals surface area contributed by atoms with Gasteiger partial charge in [-0.2, -0.15) is 10.5 Å². The van der Waals surface area contributed by atoms with Gasteiger partial charge in [0.2, 0.25) is 5.91 Å². The molecule has 1 aliphatic rings.